The number of anilines is 1. The number of fused-ring (bicyclic) bond motifs is 1. The number of nitro groups is 1. The molecular formula is C14H15N3O3. The summed E-state index contributed by atoms with van der Waals surface area (Å²) >= 11 is 0. The Hall–Kier alpha value is -2.21. The zero-order valence-electron chi connectivity index (χ0n) is 10.9. The summed E-state index contributed by atoms with van der Waals surface area (Å²) < 4.78 is 5.44. The molecule has 1 N–H and O–H groups in total. The van der Waals surface area contributed by atoms with Crippen molar-refractivity contribution in [2.75, 3.05) is 18.5 Å². The Labute approximate surface area is 115 Å². The van der Waals surface area contributed by atoms with E-state index in [1.54, 1.807) is 24.4 Å². The third kappa shape index (κ3) is 2.42. The summed E-state index contributed by atoms with van der Waals surface area (Å²) in [4.78, 5) is 15.0. The first kappa shape index (κ1) is 12.8. The van der Waals surface area contributed by atoms with Gasteiger partial charge in [0.05, 0.1) is 22.6 Å². The van der Waals surface area contributed by atoms with Crippen LogP contribution in [0.4, 0.5) is 11.4 Å². The molecule has 104 valence electrons. The molecule has 1 aromatic heterocycles. The van der Waals surface area contributed by atoms with Crippen LogP contribution in [-0.4, -0.2) is 29.2 Å². The number of nitrogens with zero attached hydrogens (tertiary/aromatic N) is 2. The van der Waals surface area contributed by atoms with Gasteiger partial charge in [0, 0.05) is 24.9 Å². The van der Waals surface area contributed by atoms with E-state index in [1.807, 2.05) is 0 Å². The third-order valence-corrected chi connectivity index (χ3v) is 3.46. The van der Waals surface area contributed by atoms with Crippen molar-refractivity contribution < 1.29 is 9.66 Å². The summed E-state index contributed by atoms with van der Waals surface area (Å²) in [5.74, 6) is 0. The van der Waals surface area contributed by atoms with Gasteiger partial charge in [0.15, 0.2) is 0 Å². The lowest BCUT2D eigenvalue weighted by Crippen LogP contribution is -2.30. The maximum Gasteiger partial charge on any atom is 0.278 e. The van der Waals surface area contributed by atoms with E-state index in [4.69, 9.17) is 4.74 Å². The molecule has 0 amide bonds. The lowest BCUT2D eigenvalue weighted by Gasteiger charge is -2.24. The molecule has 1 aromatic carbocycles. The highest BCUT2D eigenvalue weighted by Crippen LogP contribution is 2.30. The van der Waals surface area contributed by atoms with Gasteiger partial charge in [-0.1, -0.05) is 0 Å². The molecule has 3 rings (SSSR count). The van der Waals surface area contributed by atoms with Crippen LogP contribution in [0.25, 0.3) is 10.9 Å². The predicted molar refractivity (Wildman–Crippen MR) is 75.9 cm³/mol. The van der Waals surface area contributed by atoms with Gasteiger partial charge >= 0.3 is 0 Å². The van der Waals surface area contributed by atoms with Crippen LogP contribution in [0.2, 0.25) is 0 Å². The molecule has 6 heteroatoms. The Bertz CT molecular complexity index is 639. The zero-order valence-corrected chi connectivity index (χ0v) is 10.9. The largest absolute Gasteiger partial charge is 0.379 e. The minimum Gasteiger partial charge on any atom is -0.379 e. The number of rotatable bonds is 3. The molecule has 20 heavy (non-hydrogen) atoms. The molecule has 1 fully saturated rings. The maximum atomic E-state index is 11.1. The van der Waals surface area contributed by atoms with Crippen molar-refractivity contribution >= 4 is 22.3 Å². The van der Waals surface area contributed by atoms with E-state index in [-0.39, 0.29) is 16.7 Å². The number of ether oxygens (including phenoxy) is 1. The summed E-state index contributed by atoms with van der Waals surface area (Å²) in [5.41, 5.74) is 1.53. The van der Waals surface area contributed by atoms with Gasteiger partial charge in [-0.2, -0.15) is 0 Å². The summed E-state index contributed by atoms with van der Waals surface area (Å²) in [6.45, 7) is 1.46. The maximum absolute atomic E-state index is 11.1. The van der Waals surface area contributed by atoms with Crippen molar-refractivity contribution in [3.63, 3.8) is 0 Å². The van der Waals surface area contributed by atoms with E-state index in [0.717, 1.165) is 25.1 Å². The average Bonchev–Trinajstić information content (AvgIpc) is 2.48. The average molecular weight is 273 g/mol. The second-order valence-electron chi connectivity index (χ2n) is 4.85. The molecule has 1 unspecified atom stereocenters. The fourth-order valence-corrected chi connectivity index (χ4v) is 2.51. The van der Waals surface area contributed by atoms with E-state index in [1.165, 1.54) is 6.07 Å². The highest BCUT2D eigenvalue weighted by atomic mass is 16.6. The standard InChI is InChI=1S/C14H15N3O3/c18-17(19)13-6-5-12(14-11(13)4-1-7-15-14)16-10-3-2-8-20-9-10/h1,4-7,10,16H,2-3,8-9H2. The van der Waals surface area contributed by atoms with Crippen LogP contribution >= 0.6 is 0 Å². The highest BCUT2D eigenvalue weighted by Gasteiger charge is 2.18. The first-order valence-corrected chi connectivity index (χ1v) is 6.62. The predicted octanol–water partition coefficient (Wildman–Crippen LogP) is 2.73. The second kappa shape index (κ2) is 5.42. The molecule has 0 radical (unpaired) electrons. The van der Waals surface area contributed by atoms with Crippen LogP contribution in [0.3, 0.4) is 0 Å². The molecule has 0 spiro atoms. The van der Waals surface area contributed by atoms with Crippen LogP contribution in [0.1, 0.15) is 12.8 Å². The van der Waals surface area contributed by atoms with Gasteiger partial charge in [0.1, 0.15) is 5.52 Å². The van der Waals surface area contributed by atoms with Crippen LogP contribution in [-0.2, 0) is 4.74 Å². The summed E-state index contributed by atoms with van der Waals surface area (Å²) in [5, 5.41) is 15.0. The molecule has 1 atom stereocenters. The number of aromatic nitrogens is 1. The van der Waals surface area contributed by atoms with E-state index in [2.05, 4.69) is 10.3 Å². The first-order chi connectivity index (χ1) is 9.75. The quantitative estimate of drug-likeness (QED) is 0.687. The van der Waals surface area contributed by atoms with Crippen LogP contribution in [0.5, 0.6) is 0 Å². The molecule has 1 aliphatic rings. The summed E-state index contributed by atoms with van der Waals surface area (Å²) in [7, 11) is 0. The fraction of sp³-hybridized carbons (Fsp3) is 0.357. The molecule has 0 aliphatic carbocycles. The smallest absolute Gasteiger partial charge is 0.278 e. The number of nitro benzene ring substituents is 1. The molecule has 2 heterocycles. The lowest BCUT2D eigenvalue weighted by atomic mass is 10.1. The number of hydrogen-bond acceptors (Lipinski definition) is 5. The van der Waals surface area contributed by atoms with E-state index >= 15 is 0 Å². The van der Waals surface area contributed by atoms with Gasteiger partial charge in [-0.15, -0.1) is 0 Å². The topological polar surface area (TPSA) is 77.3 Å². The molecule has 2 aromatic rings. The van der Waals surface area contributed by atoms with E-state index in [9.17, 15) is 10.1 Å². The number of benzene rings is 1. The molecule has 1 aliphatic heterocycles. The van der Waals surface area contributed by atoms with Gasteiger partial charge in [-0.05, 0) is 31.0 Å². The highest BCUT2D eigenvalue weighted by molar-refractivity contribution is 5.96. The Morgan fingerprint density at radius 3 is 3.05 bits per heavy atom. The van der Waals surface area contributed by atoms with Crippen LogP contribution < -0.4 is 5.32 Å². The van der Waals surface area contributed by atoms with Crippen molar-refractivity contribution in [2.24, 2.45) is 0 Å². The van der Waals surface area contributed by atoms with Crippen molar-refractivity contribution in [1.82, 2.24) is 4.98 Å². The SMILES string of the molecule is O=[N+]([O-])c1ccc(NC2CCCOC2)c2ncccc12. The van der Waals surface area contributed by atoms with Crippen LogP contribution in [0.15, 0.2) is 30.5 Å². The van der Waals surface area contributed by atoms with Crippen molar-refractivity contribution in [3.8, 4) is 0 Å². The fourth-order valence-electron chi connectivity index (χ4n) is 2.51. The molecule has 0 bridgehead atoms. The van der Waals surface area contributed by atoms with E-state index < -0.39 is 0 Å². The Morgan fingerprint density at radius 1 is 1.40 bits per heavy atom. The third-order valence-electron chi connectivity index (χ3n) is 3.46. The molecule has 0 saturated carbocycles. The van der Waals surface area contributed by atoms with Gasteiger partial charge in [-0.25, -0.2) is 0 Å². The Balaban J connectivity index is 1.99. The van der Waals surface area contributed by atoms with Gasteiger partial charge in [0.2, 0.25) is 0 Å². The molecular weight excluding hydrogens is 258 g/mol. The first-order valence-electron chi connectivity index (χ1n) is 6.62. The number of hydrogen-bond donors (Lipinski definition) is 1. The van der Waals surface area contributed by atoms with E-state index in [0.29, 0.717) is 17.5 Å². The van der Waals surface area contributed by atoms with Crippen molar-refractivity contribution in [1.29, 1.82) is 0 Å². The zero-order chi connectivity index (χ0) is 13.9. The molecule has 6 nitrogen and oxygen atoms in total. The minimum atomic E-state index is -0.377. The molecule has 1 saturated heterocycles. The number of nitrogens with one attached hydrogen (secondary N) is 1. The Kier molecular flexibility index (Phi) is 3.47. The summed E-state index contributed by atoms with van der Waals surface area (Å²) in [6, 6.07) is 6.92. The normalized spacial score (nSPS) is 18.9. The second-order valence-corrected chi connectivity index (χ2v) is 4.85. The van der Waals surface area contributed by atoms with Gasteiger partial charge in [0.25, 0.3) is 5.69 Å². The van der Waals surface area contributed by atoms with Gasteiger partial charge in [-0.3, -0.25) is 15.1 Å². The monoisotopic (exact) mass is 273 g/mol. The summed E-state index contributed by atoms with van der Waals surface area (Å²) in [6.07, 6.45) is 3.70. The number of pyridine rings is 1. The lowest BCUT2D eigenvalue weighted by molar-refractivity contribution is -0.383. The van der Waals surface area contributed by atoms with Gasteiger partial charge < -0.3 is 10.1 Å². The van der Waals surface area contributed by atoms with Crippen molar-refractivity contribution in [2.45, 2.75) is 18.9 Å². The minimum absolute atomic E-state index is 0.0820. The number of non-ortho nitro benzene ring substituents is 1. The Morgan fingerprint density at radius 2 is 2.30 bits per heavy atom. The van der Waals surface area contributed by atoms with Crippen molar-refractivity contribution in [3.05, 3.63) is 40.6 Å². The van der Waals surface area contributed by atoms with Crippen LogP contribution in [0, 0.1) is 10.1 Å².